The van der Waals surface area contributed by atoms with E-state index in [1.54, 1.807) is 7.11 Å². The number of aromatic nitrogens is 3. The fourth-order valence-corrected chi connectivity index (χ4v) is 3.87. The lowest BCUT2D eigenvalue weighted by Gasteiger charge is -2.28. The van der Waals surface area contributed by atoms with Gasteiger partial charge in [0.1, 0.15) is 5.75 Å². The number of benzene rings is 1. The normalized spacial score (nSPS) is 15.4. The number of anilines is 2. The standard InChI is InChI=1S/C20H29N5O3S/c1-14(2)13-25-19(24-9-11-28-12-10-24)22-23-20(25)29-15(3)18(26)21-16-5-7-17(27-4)8-6-16/h5-8,14-15H,9-13H2,1-4H3,(H,21,26). The molecule has 1 N–H and O–H groups in total. The molecule has 29 heavy (non-hydrogen) atoms. The summed E-state index contributed by atoms with van der Waals surface area (Å²) >= 11 is 1.43. The monoisotopic (exact) mass is 419 g/mol. The topological polar surface area (TPSA) is 81.5 Å². The molecule has 1 aromatic carbocycles. The van der Waals surface area contributed by atoms with Gasteiger partial charge >= 0.3 is 0 Å². The number of thioether (sulfide) groups is 1. The van der Waals surface area contributed by atoms with E-state index in [0.29, 0.717) is 19.1 Å². The van der Waals surface area contributed by atoms with E-state index in [2.05, 4.69) is 38.8 Å². The Morgan fingerprint density at radius 1 is 1.21 bits per heavy atom. The molecule has 1 aromatic heterocycles. The summed E-state index contributed by atoms with van der Waals surface area (Å²) in [5.74, 6) is 1.97. The Morgan fingerprint density at radius 3 is 2.52 bits per heavy atom. The molecule has 1 fully saturated rings. The summed E-state index contributed by atoms with van der Waals surface area (Å²) < 4.78 is 12.7. The highest BCUT2D eigenvalue weighted by atomic mass is 32.2. The average molecular weight is 420 g/mol. The number of rotatable bonds is 8. The zero-order valence-electron chi connectivity index (χ0n) is 17.4. The van der Waals surface area contributed by atoms with Crippen LogP contribution in [0.4, 0.5) is 11.6 Å². The zero-order chi connectivity index (χ0) is 20.8. The number of methoxy groups -OCH3 is 1. The SMILES string of the molecule is COc1ccc(NC(=O)C(C)Sc2nnc(N3CCOCC3)n2CC(C)C)cc1. The van der Waals surface area contributed by atoms with Crippen molar-refractivity contribution in [2.24, 2.45) is 5.92 Å². The van der Waals surface area contributed by atoms with Crippen molar-refractivity contribution in [3.05, 3.63) is 24.3 Å². The molecule has 1 atom stereocenters. The van der Waals surface area contributed by atoms with Crippen LogP contribution in [0.2, 0.25) is 0 Å². The third kappa shape index (κ3) is 5.63. The Balaban J connectivity index is 1.70. The number of carbonyl (C=O) groups is 1. The Kier molecular flexibility index (Phi) is 7.38. The molecule has 1 aliphatic rings. The van der Waals surface area contributed by atoms with Crippen molar-refractivity contribution in [2.45, 2.75) is 37.7 Å². The molecule has 1 saturated heterocycles. The summed E-state index contributed by atoms with van der Waals surface area (Å²) in [6.45, 7) is 9.99. The molecule has 2 heterocycles. The quantitative estimate of drug-likeness (QED) is 0.659. The molecular formula is C20H29N5O3S. The second-order valence-electron chi connectivity index (χ2n) is 7.36. The number of carbonyl (C=O) groups excluding carboxylic acids is 1. The van der Waals surface area contributed by atoms with Crippen LogP contribution in [0, 0.1) is 5.92 Å². The Hall–Kier alpha value is -2.26. The van der Waals surface area contributed by atoms with Crippen LogP contribution in [0.5, 0.6) is 5.75 Å². The van der Waals surface area contributed by atoms with Gasteiger partial charge in [-0.15, -0.1) is 10.2 Å². The molecule has 3 rings (SSSR count). The van der Waals surface area contributed by atoms with E-state index >= 15 is 0 Å². The van der Waals surface area contributed by atoms with E-state index < -0.39 is 0 Å². The Morgan fingerprint density at radius 2 is 1.90 bits per heavy atom. The lowest BCUT2D eigenvalue weighted by molar-refractivity contribution is -0.115. The molecule has 158 valence electrons. The molecule has 9 heteroatoms. The number of amides is 1. The molecular weight excluding hydrogens is 390 g/mol. The van der Waals surface area contributed by atoms with Gasteiger partial charge in [-0.25, -0.2) is 0 Å². The van der Waals surface area contributed by atoms with Crippen LogP contribution in [0.25, 0.3) is 0 Å². The number of morpholine rings is 1. The predicted molar refractivity (Wildman–Crippen MR) is 115 cm³/mol. The molecule has 0 spiro atoms. The second kappa shape index (κ2) is 9.98. The second-order valence-corrected chi connectivity index (χ2v) is 8.67. The van der Waals surface area contributed by atoms with Gasteiger partial charge in [-0.05, 0) is 37.1 Å². The minimum Gasteiger partial charge on any atom is -0.497 e. The van der Waals surface area contributed by atoms with Crippen molar-refractivity contribution < 1.29 is 14.3 Å². The zero-order valence-corrected chi connectivity index (χ0v) is 18.2. The van der Waals surface area contributed by atoms with E-state index in [4.69, 9.17) is 9.47 Å². The van der Waals surface area contributed by atoms with E-state index in [-0.39, 0.29) is 11.2 Å². The van der Waals surface area contributed by atoms with Crippen molar-refractivity contribution in [1.82, 2.24) is 14.8 Å². The molecule has 2 aromatic rings. The predicted octanol–water partition coefficient (Wildman–Crippen LogP) is 2.90. The molecule has 0 aliphatic carbocycles. The first-order chi connectivity index (χ1) is 14.0. The van der Waals surface area contributed by atoms with Crippen LogP contribution in [-0.4, -0.2) is 59.3 Å². The number of hydrogen-bond acceptors (Lipinski definition) is 7. The average Bonchev–Trinajstić information content (AvgIpc) is 3.10. The van der Waals surface area contributed by atoms with E-state index in [1.807, 2.05) is 31.2 Å². The van der Waals surface area contributed by atoms with Crippen LogP contribution in [0.1, 0.15) is 20.8 Å². The molecule has 0 bridgehead atoms. The minimum absolute atomic E-state index is 0.0767. The van der Waals surface area contributed by atoms with Crippen LogP contribution in [0.15, 0.2) is 29.4 Å². The van der Waals surface area contributed by atoms with Gasteiger partial charge in [0.05, 0.1) is 25.6 Å². The maximum Gasteiger partial charge on any atom is 0.237 e. The van der Waals surface area contributed by atoms with Gasteiger partial charge in [-0.1, -0.05) is 25.6 Å². The number of nitrogens with zero attached hydrogens (tertiary/aromatic N) is 4. The highest BCUT2D eigenvalue weighted by molar-refractivity contribution is 8.00. The van der Waals surface area contributed by atoms with Gasteiger partial charge in [0.15, 0.2) is 5.16 Å². The first-order valence-electron chi connectivity index (χ1n) is 9.85. The summed E-state index contributed by atoms with van der Waals surface area (Å²) in [6.07, 6.45) is 0. The molecule has 1 unspecified atom stereocenters. The lowest BCUT2D eigenvalue weighted by Crippen LogP contribution is -2.38. The first-order valence-corrected chi connectivity index (χ1v) is 10.7. The number of hydrogen-bond donors (Lipinski definition) is 1. The highest BCUT2D eigenvalue weighted by Crippen LogP contribution is 2.28. The summed E-state index contributed by atoms with van der Waals surface area (Å²) in [6, 6.07) is 7.29. The summed E-state index contributed by atoms with van der Waals surface area (Å²) in [5.41, 5.74) is 0.737. The summed E-state index contributed by atoms with van der Waals surface area (Å²) in [4.78, 5) is 14.9. The maximum atomic E-state index is 12.7. The fraction of sp³-hybridized carbons (Fsp3) is 0.550. The largest absolute Gasteiger partial charge is 0.497 e. The third-order valence-corrected chi connectivity index (χ3v) is 5.63. The highest BCUT2D eigenvalue weighted by Gasteiger charge is 2.24. The van der Waals surface area contributed by atoms with Crippen molar-refractivity contribution in [2.75, 3.05) is 43.6 Å². The van der Waals surface area contributed by atoms with Crippen molar-refractivity contribution in [1.29, 1.82) is 0 Å². The minimum atomic E-state index is -0.315. The molecule has 1 aliphatic heterocycles. The van der Waals surface area contributed by atoms with Gasteiger partial charge < -0.3 is 19.7 Å². The molecule has 0 radical (unpaired) electrons. The van der Waals surface area contributed by atoms with Crippen LogP contribution < -0.4 is 15.0 Å². The smallest absolute Gasteiger partial charge is 0.237 e. The van der Waals surface area contributed by atoms with Crippen molar-refractivity contribution in [3.63, 3.8) is 0 Å². The van der Waals surface area contributed by atoms with Crippen LogP contribution in [-0.2, 0) is 16.1 Å². The van der Waals surface area contributed by atoms with E-state index in [1.165, 1.54) is 11.8 Å². The maximum absolute atomic E-state index is 12.7. The van der Waals surface area contributed by atoms with Gasteiger partial charge in [0.25, 0.3) is 0 Å². The van der Waals surface area contributed by atoms with Crippen LogP contribution >= 0.6 is 11.8 Å². The molecule has 0 saturated carbocycles. The van der Waals surface area contributed by atoms with E-state index in [9.17, 15) is 4.79 Å². The number of ether oxygens (including phenoxy) is 2. The van der Waals surface area contributed by atoms with Gasteiger partial charge in [0.2, 0.25) is 11.9 Å². The fourth-order valence-electron chi connectivity index (χ4n) is 3.02. The van der Waals surface area contributed by atoms with E-state index in [0.717, 1.165) is 42.2 Å². The Labute approximate surface area is 176 Å². The number of nitrogens with one attached hydrogen (secondary N) is 1. The van der Waals surface area contributed by atoms with Gasteiger partial charge in [0, 0.05) is 25.3 Å². The molecule has 1 amide bonds. The van der Waals surface area contributed by atoms with Crippen molar-refractivity contribution >= 4 is 29.3 Å². The van der Waals surface area contributed by atoms with Crippen molar-refractivity contribution in [3.8, 4) is 5.75 Å². The van der Waals surface area contributed by atoms with Gasteiger partial charge in [-0.2, -0.15) is 0 Å². The first kappa shape index (κ1) is 21.4. The van der Waals surface area contributed by atoms with Gasteiger partial charge in [-0.3, -0.25) is 9.36 Å². The summed E-state index contributed by atoms with van der Waals surface area (Å²) in [5, 5.41) is 12.2. The lowest BCUT2D eigenvalue weighted by atomic mass is 10.2. The molecule has 8 nitrogen and oxygen atoms in total. The third-order valence-electron chi connectivity index (χ3n) is 4.55. The summed E-state index contributed by atoms with van der Waals surface area (Å²) in [7, 11) is 1.62. The van der Waals surface area contributed by atoms with Crippen LogP contribution in [0.3, 0.4) is 0 Å². The Bertz CT molecular complexity index is 803.